The highest BCUT2D eigenvalue weighted by molar-refractivity contribution is 6.31. The van der Waals surface area contributed by atoms with Crippen molar-refractivity contribution in [1.82, 2.24) is 20.5 Å². The number of fused-ring (bicyclic) bond motifs is 3. The molecule has 2 aromatic heterocycles. The highest BCUT2D eigenvalue weighted by Crippen LogP contribution is 2.50. The number of aromatic nitrogens is 1. The summed E-state index contributed by atoms with van der Waals surface area (Å²) in [5.41, 5.74) is 6.34. The zero-order valence-electron chi connectivity index (χ0n) is 32.7. The zero-order valence-corrected chi connectivity index (χ0v) is 33.4. The number of likely N-dealkylation sites (tertiary alicyclic amines) is 1. The van der Waals surface area contributed by atoms with Crippen LogP contribution in [0.4, 0.5) is 13.2 Å². The quantitative estimate of drug-likeness (QED) is 0.120. The summed E-state index contributed by atoms with van der Waals surface area (Å²) < 4.78 is 63.0. The lowest BCUT2D eigenvalue weighted by molar-refractivity contribution is -0.141. The fraction of sp³-hybridized carbons (Fsp3) is 0.400. The molecule has 0 radical (unpaired) electrons. The molecule has 4 heterocycles. The molecule has 0 spiro atoms. The van der Waals surface area contributed by atoms with E-state index >= 15 is 0 Å². The van der Waals surface area contributed by atoms with Gasteiger partial charge in [0.1, 0.15) is 28.0 Å². The van der Waals surface area contributed by atoms with Crippen LogP contribution in [0.25, 0.3) is 33.4 Å². The van der Waals surface area contributed by atoms with Crippen LogP contribution in [-0.4, -0.2) is 59.7 Å². The Kier molecular flexibility index (Phi) is 10.3. The van der Waals surface area contributed by atoms with Crippen molar-refractivity contribution in [3.8, 4) is 34.2 Å². The van der Waals surface area contributed by atoms with Crippen molar-refractivity contribution in [2.75, 3.05) is 26.7 Å². The first kappa shape index (κ1) is 39.4. The second kappa shape index (κ2) is 15.5. The molecule has 0 saturated carbocycles. The number of carboxylic acids is 1. The summed E-state index contributed by atoms with van der Waals surface area (Å²) in [6.07, 6.45) is -0.987. The number of nitrogens with zero attached hydrogens (tertiary/aromatic N) is 2. The predicted molar refractivity (Wildman–Crippen MR) is 216 cm³/mol. The van der Waals surface area contributed by atoms with Gasteiger partial charge >= 0.3 is 12.1 Å². The number of furan rings is 1. The summed E-state index contributed by atoms with van der Waals surface area (Å²) in [7, 11) is 1.55. The Bertz CT molecular complexity index is 2490. The molecule has 10 nitrogen and oxygen atoms in total. The lowest BCUT2D eigenvalue weighted by Gasteiger charge is -2.25. The smallest absolute Gasteiger partial charge is 0.420 e. The van der Waals surface area contributed by atoms with Gasteiger partial charge in [0.15, 0.2) is 0 Å². The minimum absolute atomic E-state index is 0.0642. The lowest BCUT2D eigenvalue weighted by atomic mass is 9.91. The van der Waals surface area contributed by atoms with Gasteiger partial charge in [-0.2, -0.15) is 18.2 Å². The number of nitrogens with one attached hydrogen (secondary N) is 2. The highest BCUT2D eigenvalue weighted by atomic mass is 35.5. The summed E-state index contributed by atoms with van der Waals surface area (Å²) in [4.78, 5) is 29.9. The van der Waals surface area contributed by atoms with Crippen LogP contribution in [0.3, 0.4) is 0 Å². The van der Waals surface area contributed by atoms with Crippen LogP contribution in [0.15, 0.2) is 59.0 Å². The van der Waals surface area contributed by atoms with Crippen molar-refractivity contribution in [1.29, 1.82) is 0 Å². The SMILES string of the molecule is COc1nc(O[C@H]2CCc3c(-c4cccc(-c5cc6cc7c(c(C(F)(F)F)c6o5)CC[C@H]7N5CC[C@@H](C(=O)O)C5)c4C)cccc32)c(Cl)cc1CNC[C@H]1CCC(=O)N1. The number of methoxy groups -OCH3 is 1. The van der Waals surface area contributed by atoms with Crippen LogP contribution in [-0.2, 0) is 35.2 Å². The number of aliphatic carboxylic acids is 1. The summed E-state index contributed by atoms with van der Waals surface area (Å²) in [6.45, 7) is 3.89. The van der Waals surface area contributed by atoms with E-state index in [0.717, 1.165) is 46.2 Å². The van der Waals surface area contributed by atoms with Crippen LogP contribution in [0, 0.1) is 12.8 Å². The summed E-state index contributed by atoms with van der Waals surface area (Å²) in [6, 6.07) is 17.0. The molecule has 0 bridgehead atoms. The third kappa shape index (κ3) is 7.31. The van der Waals surface area contributed by atoms with Crippen LogP contribution < -0.4 is 20.1 Å². The van der Waals surface area contributed by atoms with E-state index in [2.05, 4.69) is 21.7 Å². The number of pyridine rings is 1. The maximum atomic E-state index is 14.9. The highest BCUT2D eigenvalue weighted by Gasteiger charge is 2.44. The van der Waals surface area contributed by atoms with Crippen molar-refractivity contribution >= 4 is 34.4 Å². The molecule has 2 aliphatic carbocycles. The first-order chi connectivity index (χ1) is 28.4. The van der Waals surface area contributed by atoms with E-state index < -0.39 is 23.6 Å². The van der Waals surface area contributed by atoms with E-state index in [-0.39, 0.29) is 47.5 Å². The number of rotatable bonds is 11. The van der Waals surface area contributed by atoms with E-state index in [1.807, 2.05) is 48.2 Å². The zero-order chi connectivity index (χ0) is 41.2. The lowest BCUT2D eigenvalue weighted by Crippen LogP contribution is -2.35. The Hall–Kier alpha value is -5.11. The number of alkyl halides is 3. The standard InChI is InChI=1S/C45H44ClF3N4O6/c1-23-28(30-7-4-8-32-31(30)11-13-37(32)59-43-35(46)18-26(42(52-43)57-2)20-50-21-27-9-14-39(54)51-27)5-3-6-29(23)38-19-25-17-34-33(40(41(25)58-38)45(47,48)49)10-12-36(34)53-16-15-24(22-53)44(55)56/h3-8,17-19,24,27,36-37,50H,9-16,20-22H2,1-2H3,(H,51,54)(H,55,56)/t24-,27-,36-,37+/m1/s1. The van der Waals surface area contributed by atoms with E-state index in [4.69, 9.17) is 25.5 Å². The molecule has 14 heteroatoms. The first-order valence-electron chi connectivity index (χ1n) is 20.1. The molecule has 4 atom stereocenters. The van der Waals surface area contributed by atoms with Gasteiger partial charge in [-0.1, -0.05) is 48.0 Å². The molecule has 5 aromatic rings. The minimum Gasteiger partial charge on any atom is -0.481 e. The second-order valence-electron chi connectivity index (χ2n) is 16.1. The van der Waals surface area contributed by atoms with Gasteiger partial charge in [-0.05, 0) is 109 Å². The van der Waals surface area contributed by atoms with Gasteiger partial charge in [-0.3, -0.25) is 14.5 Å². The molecule has 4 aliphatic rings. The molecule has 59 heavy (non-hydrogen) atoms. The maximum absolute atomic E-state index is 14.9. The molecule has 2 fully saturated rings. The molecule has 2 saturated heterocycles. The Morgan fingerprint density at radius 3 is 2.53 bits per heavy atom. The minimum atomic E-state index is -4.64. The molecule has 2 aliphatic heterocycles. The monoisotopic (exact) mass is 828 g/mol. The van der Waals surface area contributed by atoms with E-state index in [1.165, 1.54) is 0 Å². The third-order valence-electron chi connectivity index (χ3n) is 12.6. The van der Waals surface area contributed by atoms with E-state index in [1.54, 1.807) is 19.2 Å². The van der Waals surface area contributed by atoms with Crippen LogP contribution in [0.1, 0.15) is 83.2 Å². The fourth-order valence-corrected chi connectivity index (χ4v) is 9.96. The number of hydrogen-bond acceptors (Lipinski definition) is 8. The van der Waals surface area contributed by atoms with Crippen molar-refractivity contribution in [3.05, 3.63) is 98.6 Å². The predicted octanol–water partition coefficient (Wildman–Crippen LogP) is 8.98. The largest absolute Gasteiger partial charge is 0.481 e. The number of amides is 1. The number of carbonyl (C=O) groups is 2. The maximum Gasteiger partial charge on any atom is 0.420 e. The van der Waals surface area contributed by atoms with Crippen molar-refractivity contribution < 1.29 is 41.8 Å². The second-order valence-corrected chi connectivity index (χ2v) is 16.5. The van der Waals surface area contributed by atoms with Crippen molar-refractivity contribution in [2.24, 2.45) is 5.92 Å². The summed E-state index contributed by atoms with van der Waals surface area (Å²) in [5.74, 6) is -0.313. The fourth-order valence-electron chi connectivity index (χ4n) is 9.74. The molecule has 308 valence electrons. The van der Waals surface area contributed by atoms with Crippen LogP contribution >= 0.6 is 11.6 Å². The molecular formula is C45H44ClF3N4O6. The van der Waals surface area contributed by atoms with Crippen molar-refractivity contribution in [2.45, 2.75) is 82.8 Å². The van der Waals surface area contributed by atoms with E-state index in [0.29, 0.717) is 85.0 Å². The van der Waals surface area contributed by atoms with Gasteiger partial charge in [-0.15, -0.1) is 0 Å². The van der Waals surface area contributed by atoms with Gasteiger partial charge in [0.05, 0.1) is 13.0 Å². The van der Waals surface area contributed by atoms with Gasteiger partial charge < -0.3 is 29.6 Å². The molecule has 9 rings (SSSR count). The average Bonchev–Trinajstić information content (AvgIpc) is 4.05. The molecule has 3 aromatic carbocycles. The average molecular weight is 829 g/mol. The molecule has 3 N–H and O–H groups in total. The number of ether oxygens (including phenoxy) is 2. The number of hydrogen-bond donors (Lipinski definition) is 3. The third-order valence-corrected chi connectivity index (χ3v) is 12.9. The van der Waals surface area contributed by atoms with Gasteiger partial charge in [-0.25, -0.2) is 0 Å². The van der Waals surface area contributed by atoms with Crippen molar-refractivity contribution in [3.63, 3.8) is 0 Å². The Morgan fingerprint density at radius 2 is 1.78 bits per heavy atom. The van der Waals surface area contributed by atoms with Crippen LogP contribution in [0.2, 0.25) is 5.02 Å². The normalized spacial score (nSPS) is 21.6. The number of benzene rings is 3. The summed E-state index contributed by atoms with van der Waals surface area (Å²) in [5, 5.41) is 16.6. The topological polar surface area (TPSA) is 126 Å². The van der Waals surface area contributed by atoms with Gasteiger partial charge in [0.25, 0.3) is 0 Å². The summed E-state index contributed by atoms with van der Waals surface area (Å²) >= 11 is 6.74. The molecule has 0 unspecified atom stereocenters. The van der Waals surface area contributed by atoms with Crippen LogP contribution in [0.5, 0.6) is 11.8 Å². The Balaban J connectivity index is 0.987. The Labute approximate surface area is 344 Å². The Morgan fingerprint density at radius 1 is 1.00 bits per heavy atom. The first-order valence-corrected chi connectivity index (χ1v) is 20.5. The number of carboxylic acid groups (broad SMARTS) is 1. The number of halogens is 4. The molecule has 1 amide bonds. The van der Waals surface area contributed by atoms with Gasteiger partial charge in [0.2, 0.25) is 17.7 Å². The van der Waals surface area contributed by atoms with Gasteiger partial charge in [0, 0.05) is 54.7 Å². The van der Waals surface area contributed by atoms with E-state index in [9.17, 15) is 27.9 Å². The molecular weight excluding hydrogens is 785 g/mol. The number of carbonyl (C=O) groups excluding carboxylic acids is 1.